The first-order chi connectivity index (χ1) is 12.9. The lowest BCUT2D eigenvalue weighted by Gasteiger charge is -2.04. The number of thioether (sulfide) groups is 1. The van der Waals surface area contributed by atoms with Gasteiger partial charge in [0.25, 0.3) is 11.1 Å². The molecule has 1 aromatic heterocycles. The molecular formula is C16H15F2N3O5S. The number of Topliss-reactive ketones (excluding diaryl/α,β-unsaturated/α-hetero) is 1. The first kappa shape index (κ1) is 20.5. The van der Waals surface area contributed by atoms with E-state index in [4.69, 9.17) is 4.42 Å². The lowest BCUT2D eigenvalue weighted by atomic mass is 10.2. The van der Waals surface area contributed by atoms with Crippen molar-refractivity contribution in [2.75, 3.05) is 12.4 Å². The van der Waals surface area contributed by atoms with Crippen LogP contribution < -0.4 is 5.32 Å². The predicted molar refractivity (Wildman–Crippen MR) is 88.8 cm³/mol. The molecule has 0 saturated carbocycles. The number of hydrogen-bond acceptors (Lipinski definition) is 8. The molecule has 0 atom stereocenters. The Balaban J connectivity index is 1.83. The quantitative estimate of drug-likeness (QED) is 0.387. The number of nitrogens with zero attached hydrogens (tertiary/aromatic N) is 2. The number of hydrogen-bond donors (Lipinski definition) is 1. The average molecular weight is 399 g/mol. The molecule has 1 N–H and O–H groups in total. The number of nitrogens with one attached hydrogen (secondary N) is 1. The van der Waals surface area contributed by atoms with E-state index in [-0.39, 0.29) is 42.2 Å². The third-order valence-electron chi connectivity index (χ3n) is 3.04. The number of ketones is 1. The molecule has 1 aromatic carbocycles. The minimum atomic E-state index is -0.991. The van der Waals surface area contributed by atoms with Crippen LogP contribution in [0.2, 0.25) is 0 Å². The maximum Gasteiger partial charge on any atom is 0.313 e. The number of halogens is 2. The monoisotopic (exact) mass is 399 g/mol. The summed E-state index contributed by atoms with van der Waals surface area (Å²) in [5, 5.41) is 9.63. The highest BCUT2D eigenvalue weighted by Gasteiger charge is 2.18. The molecule has 1 amide bonds. The molecule has 0 spiro atoms. The summed E-state index contributed by atoms with van der Waals surface area (Å²) in [5.41, 5.74) is -0.712. The van der Waals surface area contributed by atoms with Crippen LogP contribution in [0.25, 0.3) is 0 Å². The SMILES string of the molecule is CCOC(=O)CC(=O)CSc1nnc(CNC(=O)c2c(F)cccc2F)o1. The molecule has 0 radical (unpaired) electrons. The summed E-state index contributed by atoms with van der Waals surface area (Å²) >= 11 is 0.915. The number of amides is 1. The second kappa shape index (κ2) is 9.76. The van der Waals surface area contributed by atoms with Gasteiger partial charge in [-0.2, -0.15) is 0 Å². The second-order valence-electron chi connectivity index (χ2n) is 5.05. The van der Waals surface area contributed by atoms with Gasteiger partial charge < -0.3 is 14.5 Å². The highest BCUT2D eigenvalue weighted by atomic mass is 32.2. The summed E-state index contributed by atoms with van der Waals surface area (Å²) in [6.07, 6.45) is -0.355. The van der Waals surface area contributed by atoms with E-state index in [0.29, 0.717) is 0 Å². The molecule has 0 unspecified atom stereocenters. The Hall–Kier alpha value is -2.82. The first-order valence-corrected chi connectivity index (χ1v) is 8.74. The van der Waals surface area contributed by atoms with Gasteiger partial charge in [0.05, 0.1) is 18.9 Å². The van der Waals surface area contributed by atoms with E-state index in [1.165, 1.54) is 0 Å². The highest BCUT2D eigenvalue weighted by molar-refractivity contribution is 7.99. The van der Waals surface area contributed by atoms with E-state index in [1.54, 1.807) is 6.92 Å². The zero-order valence-electron chi connectivity index (χ0n) is 14.2. The molecule has 8 nitrogen and oxygen atoms in total. The zero-order valence-corrected chi connectivity index (χ0v) is 15.0. The fourth-order valence-electron chi connectivity index (χ4n) is 1.89. The van der Waals surface area contributed by atoms with Crippen molar-refractivity contribution in [1.29, 1.82) is 0 Å². The van der Waals surface area contributed by atoms with Crippen LogP contribution in [0.4, 0.5) is 8.78 Å². The van der Waals surface area contributed by atoms with Crippen LogP contribution in [0.3, 0.4) is 0 Å². The average Bonchev–Trinajstić information content (AvgIpc) is 3.06. The van der Waals surface area contributed by atoms with Crippen LogP contribution in [0, 0.1) is 11.6 Å². The first-order valence-electron chi connectivity index (χ1n) is 7.75. The van der Waals surface area contributed by atoms with Crippen LogP contribution in [0.1, 0.15) is 29.6 Å². The van der Waals surface area contributed by atoms with Crippen molar-refractivity contribution in [2.24, 2.45) is 0 Å². The number of esters is 1. The fourth-order valence-corrected chi connectivity index (χ4v) is 2.53. The predicted octanol–water partition coefficient (Wildman–Crippen LogP) is 1.89. The molecule has 2 rings (SSSR count). The lowest BCUT2D eigenvalue weighted by Crippen LogP contribution is -2.25. The third-order valence-corrected chi connectivity index (χ3v) is 3.92. The number of ether oxygens (including phenoxy) is 1. The molecule has 27 heavy (non-hydrogen) atoms. The summed E-state index contributed by atoms with van der Waals surface area (Å²) < 4.78 is 36.9. The van der Waals surface area contributed by atoms with E-state index >= 15 is 0 Å². The molecule has 144 valence electrons. The van der Waals surface area contributed by atoms with Gasteiger partial charge in [-0.05, 0) is 19.1 Å². The van der Waals surface area contributed by atoms with Crippen LogP contribution in [0.5, 0.6) is 0 Å². The normalized spacial score (nSPS) is 10.5. The Morgan fingerprint density at radius 2 is 1.93 bits per heavy atom. The van der Waals surface area contributed by atoms with Gasteiger partial charge in [0.2, 0.25) is 5.89 Å². The second-order valence-corrected chi connectivity index (χ2v) is 5.98. The minimum absolute atomic E-state index is 0.0135. The van der Waals surface area contributed by atoms with Gasteiger partial charge in [-0.1, -0.05) is 17.8 Å². The van der Waals surface area contributed by atoms with Crippen LogP contribution in [0.15, 0.2) is 27.8 Å². The van der Waals surface area contributed by atoms with E-state index in [9.17, 15) is 23.2 Å². The Morgan fingerprint density at radius 1 is 1.22 bits per heavy atom. The lowest BCUT2D eigenvalue weighted by molar-refractivity contribution is -0.145. The minimum Gasteiger partial charge on any atom is -0.466 e. The molecule has 11 heteroatoms. The van der Waals surface area contributed by atoms with Gasteiger partial charge in [-0.3, -0.25) is 14.4 Å². The molecular weight excluding hydrogens is 384 g/mol. The number of carbonyl (C=O) groups is 3. The van der Waals surface area contributed by atoms with Crippen molar-refractivity contribution in [2.45, 2.75) is 25.1 Å². The van der Waals surface area contributed by atoms with Crippen molar-refractivity contribution in [3.63, 3.8) is 0 Å². The summed E-state index contributed by atoms with van der Waals surface area (Å²) in [6.45, 7) is 1.57. The smallest absolute Gasteiger partial charge is 0.313 e. The molecule has 2 aromatic rings. The van der Waals surface area contributed by atoms with Crippen molar-refractivity contribution in [3.8, 4) is 0 Å². The van der Waals surface area contributed by atoms with Crippen molar-refractivity contribution >= 4 is 29.4 Å². The van der Waals surface area contributed by atoms with E-state index < -0.39 is 29.1 Å². The van der Waals surface area contributed by atoms with Gasteiger partial charge in [-0.15, -0.1) is 10.2 Å². The largest absolute Gasteiger partial charge is 0.466 e. The number of benzene rings is 1. The molecule has 0 fully saturated rings. The van der Waals surface area contributed by atoms with Gasteiger partial charge in [0.1, 0.15) is 23.6 Å². The van der Waals surface area contributed by atoms with Gasteiger partial charge in [0.15, 0.2) is 5.78 Å². The van der Waals surface area contributed by atoms with Crippen LogP contribution in [-0.4, -0.2) is 40.2 Å². The maximum absolute atomic E-state index is 13.5. The molecule has 0 aliphatic rings. The highest BCUT2D eigenvalue weighted by Crippen LogP contribution is 2.17. The van der Waals surface area contributed by atoms with Gasteiger partial charge in [0, 0.05) is 0 Å². The number of carbonyl (C=O) groups excluding carboxylic acids is 3. The topological polar surface area (TPSA) is 111 Å². The van der Waals surface area contributed by atoms with Gasteiger partial charge >= 0.3 is 5.97 Å². The fraction of sp³-hybridized carbons (Fsp3) is 0.312. The Kier molecular flexibility index (Phi) is 7.41. The van der Waals surface area contributed by atoms with Crippen molar-refractivity contribution in [3.05, 3.63) is 41.3 Å². The molecule has 1 heterocycles. The summed E-state index contributed by atoms with van der Waals surface area (Å²) in [4.78, 5) is 34.7. The van der Waals surface area contributed by atoms with Crippen LogP contribution in [-0.2, 0) is 20.9 Å². The van der Waals surface area contributed by atoms with Gasteiger partial charge in [-0.25, -0.2) is 8.78 Å². The zero-order chi connectivity index (χ0) is 19.8. The van der Waals surface area contributed by atoms with Crippen LogP contribution >= 0.6 is 11.8 Å². The standard InChI is InChI=1S/C16H15F2N3O5S/c1-2-25-13(23)6-9(22)8-27-16-21-20-12(26-16)7-19-15(24)14-10(17)4-3-5-11(14)18/h3-5H,2,6-8H2,1H3,(H,19,24). The summed E-state index contributed by atoms with van der Waals surface area (Å²) in [6, 6.07) is 3.08. The van der Waals surface area contributed by atoms with E-state index in [2.05, 4.69) is 20.3 Å². The number of aromatic nitrogens is 2. The number of rotatable bonds is 9. The molecule has 0 aliphatic heterocycles. The Labute approximate surface area is 156 Å². The molecule has 0 bridgehead atoms. The molecule has 0 saturated heterocycles. The van der Waals surface area contributed by atoms with E-state index in [0.717, 1.165) is 30.0 Å². The van der Waals surface area contributed by atoms with E-state index in [1.807, 2.05) is 0 Å². The molecule has 0 aliphatic carbocycles. The summed E-state index contributed by atoms with van der Waals surface area (Å²) in [7, 11) is 0. The third kappa shape index (κ3) is 6.13. The Morgan fingerprint density at radius 3 is 2.59 bits per heavy atom. The maximum atomic E-state index is 13.5. The Bertz CT molecular complexity index is 823. The summed E-state index contributed by atoms with van der Waals surface area (Å²) in [5.74, 6) is -4.03. The van der Waals surface area contributed by atoms with Crippen molar-refractivity contribution in [1.82, 2.24) is 15.5 Å². The van der Waals surface area contributed by atoms with Crippen molar-refractivity contribution < 1.29 is 32.3 Å².